The molecule has 1 unspecified atom stereocenters. The summed E-state index contributed by atoms with van der Waals surface area (Å²) in [6, 6.07) is 9.41. The Hall–Kier alpha value is 0.200. The molecule has 2 atom stereocenters. The Bertz CT molecular complexity index is 367. The van der Waals surface area contributed by atoms with Gasteiger partial charge in [-0.1, -0.05) is 48.3 Å². The van der Waals surface area contributed by atoms with Crippen molar-refractivity contribution in [3.05, 3.63) is 34.3 Å². The van der Waals surface area contributed by atoms with Crippen LogP contribution in [0, 0.1) is 5.92 Å². The average Bonchev–Trinajstić information content (AvgIpc) is 2.42. The number of halogens is 3. The van der Waals surface area contributed by atoms with Crippen molar-refractivity contribution in [2.45, 2.75) is 26.3 Å². The molecule has 1 saturated heterocycles. The fourth-order valence-electron chi connectivity index (χ4n) is 2.74. The van der Waals surface area contributed by atoms with Crippen molar-refractivity contribution in [1.29, 1.82) is 0 Å². The lowest BCUT2D eigenvalue weighted by atomic mass is 9.90. The van der Waals surface area contributed by atoms with Crippen LogP contribution in [-0.2, 0) is 0 Å². The van der Waals surface area contributed by atoms with Crippen molar-refractivity contribution in [2.24, 2.45) is 5.92 Å². The number of nitrogens with one attached hydrogen (secondary N) is 1. The maximum absolute atomic E-state index is 3.52. The molecular weight excluding hydrogens is 359 g/mol. The van der Waals surface area contributed by atoms with E-state index < -0.39 is 0 Å². The standard InChI is InChI=1S/C15H23BrN2.2ClH/c1-3-12(2)15(18-10-8-17-9-11-18)13-4-6-14(16)7-5-13;;/h4-7,12,15,17H,3,8-11H2,1-2H3;2*1H/t12?,15-;;/m0../s1. The van der Waals surface area contributed by atoms with Gasteiger partial charge in [-0.05, 0) is 23.6 Å². The average molecular weight is 384 g/mol. The van der Waals surface area contributed by atoms with Crippen molar-refractivity contribution in [1.82, 2.24) is 10.2 Å². The lowest BCUT2D eigenvalue weighted by Gasteiger charge is -2.38. The maximum Gasteiger partial charge on any atom is 0.0374 e. The van der Waals surface area contributed by atoms with Crippen molar-refractivity contribution >= 4 is 40.7 Å². The SMILES string of the molecule is CCC(C)[C@@H](c1ccc(Br)cc1)N1CCNCC1.Cl.Cl. The maximum atomic E-state index is 3.52. The first-order chi connectivity index (χ1) is 8.72. The van der Waals surface area contributed by atoms with Gasteiger partial charge in [-0.25, -0.2) is 0 Å². The molecule has 0 radical (unpaired) electrons. The molecule has 2 rings (SSSR count). The highest BCUT2D eigenvalue weighted by Gasteiger charge is 2.26. The molecule has 0 aliphatic carbocycles. The minimum Gasteiger partial charge on any atom is -0.314 e. The molecule has 1 fully saturated rings. The van der Waals surface area contributed by atoms with Gasteiger partial charge in [-0.15, -0.1) is 24.8 Å². The van der Waals surface area contributed by atoms with Gasteiger partial charge in [-0.3, -0.25) is 4.90 Å². The Morgan fingerprint density at radius 1 is 1.15 bits per heavy atom. The predicted octanol–water partition coefficient (Wildman–Crippen LogP) is 4.29. The normalized spacial score (nSPS) is 18.6. The van der Waals surface area contributed by atoms with Gasteiger partial charge in [0.25, 0.3) is 0 Å². The number of rotatable bonds is 4. The molecule has 0 bridgehead atoms. The third kappa shape index (κ3) is 5.19. The van der Waals surface area contributed by atoms with Gasteiger partial charge in [0.2, 0.25) is 0 Å². The number of hydrogen-bond acceptors (Lipinski definition) is 2. The number of nitrogens with zero attached hydrogens (tertiary/aromatic N) is 1. The van der Waals surface area contributed by atoms with Crippen LogP contribution in [0.3, 0.4) is 0 Å². The molecule has 116 valence electrons. The third-order valence-electron chi connectivity index (χ3n) is 3.94. The van der Waals surface area contributed by atoms with Crippen molar-refractivity contribution in [3.63, 3.8) is 0 Å². The molecule has 0 amide bonds. The van der Waals surface area contributed by atoms with Crippen LogP contribution in [0.2, 0.25) is 0 Å². The zero-order chi connectivity index (χ0) is 13.0. The summed E-state index contributed by atoms with van der Waals surface area (Å²) in [6.45, 7) is 9.20. The van der Waals surface area contributed by atoms with Crippen LogP contribution in [0.15, 0.2) is 28.7 Å². The smallest absolute Gasteiger partial charge is 0.0374 e. The second-order valence-corrected chi connectivity index (χ2v) is 6.08. The van der Waals surface area contributed by atoms with E-state index >= 15 is 0 Å². The molecule has 0 saturated carbocycles. The highest BCUT2D eigenvalue weighted by molar-refractivity contribution is 9.10. The summed E-state index contributed by atoms with van der Waals surface area (Å²) >= 11 is 3.52. The van der Waals surface area contributed by atoms with Crippen LogP contribution >= 0.6 is 40.7 Å². The van der Waals surface area contributed by atoms with E-state index in [1.165, 1.54) is 12.0 Å². The quantitative estimate of drug-likeness (QED) is 0.834. The van der Waals surface area contributed by atoms with E-state index in [9.17, 15) is 0 Å². The molecular formula is C15H25BrCl2N2. The molecule has 1 aliphatic heterocycles. The first-order valence-electron chi connectivity index (χ1n) is 6.92. The summed E-state index contributed by atoms with van der Waals surface area (Å²) in [5, 5.41) is 3.44. The van der Waals surface area contributed by atoms with Gasteiger partial charge in [0.1, 0.15) is 0 Å². The minimum absolute atomic E-state index is 0. The van der Waals surface area contributed by atoms with Gasteiger partial charge in [0.05, 0.1) is 0 Å². The Morgan fingerprint density at radius 3 is 2.20 bits per heavy atom. The predicted molar refractivity (Wildman–Crippen MR) is 95.3 cm³/mol. The topological polar surface area (TPSA) is 15.3 Å². The molecule has 20 heavy (non-hydrogen) atoms. The van der Waals surface area contributed by atoms with E-state index in [0.717, 1.165) is 30.7 Å². The number of piperazine rings is 1. The summed E-state index contributed by atoms with van der Waals surface area (Å²) in [5.41, 5.74) is 1.45. The second kappa shape index (κ2) is 10.0. The van der Waals surface area contributed by atoms with Gasteiger partial charge in [0, 0.05) is 36.7 Å². The monoisotopic (exact) mass is 382 g/mol. The van der Waals surface area contributed by atoms with Crippen molar-refractivity contribution < 1.29 is 0 Å². The molecule has 1 heterocycles. The molecule has 1 aromatic rings. The van der Waals surface area contributed by atoms with Gasteiger partial charge >= 0.3 is 0 Å². The Labute approximate surface area is 143 Å². The fourth-order valence-corrected chi connectivity index (χ4v) is 3.01. The van der Waals surface area contributed by atoms with Crippen LogP contribution in [0.5, 0.6) is 0 Å². The summed E-state index contributed by atoms with van der Waals surface area (Å²) < 4.78 is 1.16. The number of hydrogen-bond donors (Lipinski definition) is 1. The van der Waals surface area contributed by atoms with Crippen molar-refractivity contribution in [3.8, 4) is 0 Å². The van der Waals surface area contributed by atoms with Crippen LogP contribution < -0.4 is 5.32 Å². The highest BCUT2D eigenvalue weighted by atomic mass is 79.9. The minimum atomic E-state index is 0. The summed E-state index contributed by atoms with van der Waals surface area (Å²) in [5.74, 6) is 0.698. The van der Waals surface area contributed by atoms with E-state index in [-0.39, 0.29) is 24.8 Å². The Kier molecular flexibility index (Phi) is 10.1. The van der Waals surface area contributed by atoms with E-state index in [2.05, 4.69) is 64.3 Å². The van der Waals surface area contributed by atoms with Crippen LogP contribution in [0.25, 0.3) is 0 Å². The van der Waals surface area contributed by atoms with E-state index in [4.69, 9.17) is 0 Å². The summed E-state index contributed by atoms with van der Waals surface area (Å²) in [7, 11) is 0. The molecule has 5 heteroatoms. The zero-order valence-electron chi connectivity index (χ0n) is 12.1. The molecule has 0 spiro atoms. The first kappa shape index (κ1) is 20.2. The lowest BCUT2D eigenvalue weighted by molar-refractivity contribution is 0.128. The summed E-state index contributed by atoms with van der Waals surface area (Å²) in [6.07, 6.45) is 1.23. The fraction of sp³-hybridized carbons (Fsp3) is 0.600. The lowest BCUT2D eigenvalue weighted by Crippen LogP contribution is -2.46. The first-order valence-corrected chi connectivity index (χ1v) is 7.72. The Balaban J connectivity index is 0.00000180. The van der Waals surface area contributed by atoms with Crippen LogP contribution in [0.4, 0.5) is 0 Å². The van der Waals surface area contributed by atoms with E-state index in [1.54, 1.807) is 0 Å². The molecule has 0 aromatic heterocycles. The number of benzene rings is 1. The largest absolute Gasteiger partial charge is 0.314 e. The third-order valence-corrected chi connectivity index (χ3v) is 4.47. The molecule has 1 aliphatic rings. The molecule has 1 N–H and O–H groups in total. The molecule has 2 nitrogen and oxygen atoms in total. The van der Waals surface area contributed by atoms with Crippen molar-refractivity contribution in [2.75, 3.05) is 26.2 Å². The van der Waals surface area contributed by atoms with Gasteiger partial charge < -0.3 is 5.32 Å². The molecule has 1 aromatic carbocycles. The van der Waals surface area contributed by atoms with Gasteiger partial charge in [0.15, 0.2) is 0 Å². The van der Waals surface area contributed by atoms with Crippen LogP contribution in [-0.4, -0.2) is 31.1 Å². The Morgan fingerprint density at radius 2 is 1.70 bits per heavy atom. The zero-order valence-corrected chi connectivity index (χ0v) is 15.4. The van der Waals surface area contributed by atoms with Gasteiger partial charge in [-0.2, -0.15) is 0 Å². The second-order valence-electron chi connectivity index (χ2n) is 5.17. The van der Waals surface area contributed by atoms with E-state index in [1.807, 2.05) is 0 Å². The van der Waals surface area contributed by atoms with E-state index in [0.29, 0.717) is 12.0 Å². The summed E-state index contributed by atoms with van der Waals surface area (Å²) in [4.78, 5) is 2.63. The van der Waals surface area contributed by atoms with Crippen LogP contribution in [0.1, 0.15) is 31.9 Å². The highest BCUT2D eigenvalue weighted by Crippen LogP contribution is 2.31.